The number of nitrogens with one attached hydrogen (secondary N) is 1. The largest absolute Gasteiger partial charge is 0.464 e. The molecule has 0 aliphatic carbocycles. The zero-order valence-electron chi connectivity index (χ0n) is 12.0. The van der Waals surface area contributed by atoms with Gasteiger partial charge >= 0.3 is 5.97 Å². The van der Waals surface area contributed by atoms with Crippen molar-refractivity contribution in [3.8, 4) is 0 Å². The molecule has 1 heterocycles. The standard InChI is InChI=1S/C16H16BrNO4/c1-2-21-16(20)13(10-11-5-7-12(17)8-6-11)18-15(19)14-4-3-9-22-14/h3-9,13H,2,10H2,1H3,(H,18,19)/t13-/m0/s1. The van der Waals surface area contributed by atoms with E-state index in [9.17, 15) is 9.59 Å². The number of amides is 1. The van der Waals surface area contributed by atoms with E-state index in [0.29, 0.717) is 6.42 Å². The molecule has 0 fully saturated rings. The van der Waals surface area contributed by atoms with Gasteiger partial charge < -0.3 is 14.5 Å². The molecule has 0 bridgehead atoms. The van der Waals surface area contributed by atoms with Crippen LogP contribution in [-0.4, -0.2) is 24.5 Å². The summed E-state index contributed by atoms with van der Waals surface area (Å²) in [4.78, 5) is 24.1. The predicted molar refractivity (Wildman–Crippen MR) is 84.4 cm³/mol. The number of benzene rings is 1. The van der Waals surface area contributed by atoms with Crippen molar-refractivity contribution < 1.29 is 18.7 Å². The Morgan fingerprint density at radius 3 is 2.59 bits per heavy atom. The maximum atomic E-state index is 12.0. The van der Waals surface area contributed by atoms with Gasteiger partial charge in [-0.1, -0.05) is 28.1 Å². The van der Waals surface area contributed by atoms with Gasteiger partial charge in [-0.2, -0.15) is 0 Å². The van der Waals surface area contributed by atoms with E-state index in [2.05, 4.69) is 21.2 Å². The first-order valence-electron chi connectivity index (χ1n) is 6.85. The maximum Gasteiger partial charge on any atom is 0.328 e. The van der Waals surface area contributed by atoms with E-state index in [0.717, 1.165) is 10.0 Å². The van der Waals surface area contributed by atoms with Crippen LogP contribution in [0.15, 0.2) is 51.6 Å². The minimum absolute atomic E-state index is 0.158. The Bertz CT molecular complexity index is 622. The Morgan fingerprint density at radius 1 is 1.27 bits per heavy atom. The van der Waals surface area contributed by atoms with Crippen molar-refractivity contribution in [1.29, 1.82) is 0 Å². The van der Waals surface area contributed by atoms with Gasteiger partial charge in [0, 0.05) is 10.9 Å². The highest BCUT2D eigenvalue weighted by atomic mass is 79.9. The molecule has 116 valence electrons. The molecule has 0 saturated heterocycles. The Balaban J connectivity index is 2.10. The zero-order valence-corrected chi connectivity index (χ0v) is 13.6. The molecule has 0 saturated carbocycles. The average molecular weight is 366 g/mol. The number of hydrogen-bond acceptors (Lipinski definition) is 4. The molecule has 2 aromatic rings. The molecule has 6 heteroatoms. The smallest absolute Gasteiger partial charge is 0.328 e. The molecule has 0 spiro atoms. The van der Waals surface area contributed by atoms with Gasteiger partial charge in [-0.15, -0.1) is 0 Å². The fraction of sp³-hybridized carbons (Fsp3) is 0.250. The van der Waals surface area contributed by atoms with Gasteiger partial charge in [0.1, 0.15) is 6.04 Å². The number of carbonyl (C=O) groups excluding carboxylic acids is 2. The number of furan rings is 1. The molecule has 0 aliphatic heterocycles. The molecule has 2 rings (SSSR count). The van der Waals surface area contributed by atoms with Crippen LogP contribution < -0.4 is 5.32 Å². The Labute approximate surface area is 136 Å². The van der Waals surface area contributed by atoms with Crippen molar-refractivity contribution >= 4 is 27.8 Å². The van der Waals surface area contributed by atoms with Crippen molar-refractivity contribution in [2.24, 2.45) is 0 Å². The molecule has 1 atom stereocenters. The van der Waals surface area contributed by atoms with Crippen LogP contribution in [0, 0.1) is 0 Å². The highest BCUT2D eigenvalue weighted by Crippen LogP contribution is 2.13. The SMILES string of the molecule is CCOC(=O)[C@H](Cc1ccc(Br)cc1)NC(=O)c1ccco1. The highest BCUT2D eigenvalue weighted by molar-refractivity contribution is 9.10. The minimum Gasteiger partial charge on any atom is -0.464 e. The van der Waals surface area contributed by atoms with Crippen molar-refractivity contribution in [2.45, 2.75) is 19.4 Å². The van der Waals surface area contributed by atoms with E-state index < -0.39 is 17.9 Å². The van der Waals surface area contributed by atoms with Gasteiger partial charge in [0.15, 0.2) is 5.76 Å². The van der Waals surface area contributed by atoms with Crippen LogP contribution in [-0.2, 0) is 16.0 Å². The predicted octanol–water partition coefficient (Wildman–Crippen LogP) is 2.95. The lowest BCUT2D eigenvalue weighted by atomic mass is 10.1. The lowest BCUT2D eigenvalue weighted by Gasteiger charge is -2.16. The number of rotatable bonds is 6. The Hall–Kier alpha value is -2.08. The molecule has 1 N–H and O–H groups in total. The third kappa shape index (κ3) is 4.46. The Kier molecular flexibility index (Phi) is 5.77. The van der Waals surface area contributed by atoms with Gasteiger partial charge in [0.2, 0.25) is 0 Å². The van der Waals surface area contributed by atoms with E-state index in [4.69, 9.17) is 9.15 Å². The van der Waals surface area contributed by atoms with Crippen molar-refractivity contribution in [3.05, 3.63) is 58.5 Å². The second-order valence-electron chi connectivity index (χ2n) is 4.59. The number of hydrogen-bond donors (Lipinski definition) is 1. The summed E-state index contributed by atoms with van der Waals surface area (Å²) >= 11 is 3.36. The summed E-state index contributed by atoms with van der Waals surface area (Å²) in [6.45, 7) is 1.98. The van der Waals surface area contributed by atoms with Crippen LogP contribution in [0.2, 0.25) is 0 Å². The number of halogens is 1. The fourth-order valence-electron chi connectivity index (χ4n) is 1.93. The fourth-order valence-corrected chi connectivity index (χ4v) is 2.19. The quantitative estimate of drug-likeness (QED) is 0.799. The first-order chi connectivity index (χ1) is 10.6. The van der Waals surface area contributed by atoms with Gasteiger partial charge in [-0.3, -0.25) is 4.79 Å². The summed E-state index contributed by atoms with van der Waals surface area (Å²) in [6, 6.07) is 9.92. The highest BCUT2D eigenvalue weighted by Gasteiger charge is 2.24. The van der Waals surface area contributed by atoms with E-state index in [-0.39, 0.29) is 12.4 Å². The average Bonchev–Trinajstić information content (AvgIpc) is 3.03. The van der Waals surface area contributed by atoms with Gasteiger partial charge in [-0.05, 0) is 36.8 Å². The van der Waals surface area contributed by atoms with E-state index in [1.807, 2.05) is 24.3 Å². The van der Waals surface area contributed by atoms with Crippen LogP contribution in [0.5, 0.6) is 0 Å². The summed E-state index contributed by atoms with van der Waals surface area (Å²) in [7, 11) is 0. The number of esters is 1. The Morgan fingerprint density at radius 2 is 2.00 bits per heavy atom. The van der Waals surface area contributed by atoms with Crippen LogP contribution in [0.25, 0.3) is 0 Å². The third-order valence-electron chi connectivity index (χ3n) is 2.97. The topological polar surface area (TPSA) is 68.5 Å². The molecule has 1 amide bonds. The van der Waals surface area contributed by atoms with Crippen molar-refractivity contribution in [2.75, 3.05) is 6.61 Å². The summed E-state index contributed by atoms with van der Waals surface area (Å²) < 4.78 is 11.0. The molecule has 0 aliphatic rings. The van der Waals surface area contributed by atoms with E-state index >= 15 is 0 Å². The third-order valence-corrected chi connectivity index (χ3v) is 3.50. The first-order valence-corrected chi connectivity index (χ1v) is 7.65. The normalized spacial score (nSPS) is 11.7. The summed E-state index contributed by atoms with van der Waals surface area (Å²) in [5, 5.41) is 2.65. The molecule has 0 radical (unpaired) electrons. The van der Waals surface area contributed by atoms with Gasteiger partial charge in [0.25, 0.3) is 5.91 Å². The van der Waals surface area contributed by atoms with Gasteiger partial charge in [-0.25, -0.2) is 4.79 Å². The lowest BCUT2D eigenvalue weighted by molar-refractivity contribution is -0.145. The number of carbonyl (C=O) groups is 2. The lowest BCUT2D eigenvalue weighted by Crippen LogP contribution is -2.43. The van der Waals surface area contributed by atoms with Crippen molar-refractivity contribution in [1.82, 2.24) is 5.32 Å². The molecule has 22 heavy (non-hydrogen) atoms. The molecular weight excluding hydrogens is 350 g/mol. The van der Waals surface area contributed by atoms with Gasteiger partial charge in [0.05, 0.1) is 12.9 Å². The molecular formula is C16H16BrNO4. The summed E-state index contributed by atoms with van der Waals surface area (Å²) in [5.74, 6) is -0.754. The maximum absolute atomic E-state index is 12.0. The zero-order chi connectivity index (χ0) is 15.9. The molecule has 1 aromatic carbocycles. The summed E-state index contributed by atoms with van der Waals surface area (Å²) in [5.41, 5.74) is 0.918. The van der Waals surface area contributed by atoms with Crippen LogP contribution >= 0.6 is 15.9 Å². The summed E-state index contributed by atoms with van der Waals surface area (Å²) in [6.07, 6.45) is 1.75. The van der Waals surface area contributed by atoms with Crippen molar-refractivity contribution in [3.63, 3.8) is 0 Å². The molecule has 1 aromatic heterocycles. The van der Waals surface area contributed by atoms with Crippen LogP contribution in [0.1, 0.15) is 23.0 Å². The van der Waals surface area contributed by atoms with E-state index in [1.165, 1.54) is 12.3 Å². The second kappa shape index (κ2) is 7.79. The monoisotopic (exact) mass is 365 g/mol. The van der Waals surface area contributed by atoms with Crippen LogP contribution in [0.3, 0.4) is 0 Å². The first kappa shape index (κ1) is 16.3. The van der Waals surface area contributed by atoms with Crippen LogP contribution in [0.4, 0.5) is 0 Å². The molecule has 0 unspecified atom stereocenters. The second-order valence-corrected chi connectivity index (χ2v) is 5.50. The number of ether oxygens (including phenoxy) is 1. The minimum atomic E-state index is -0.765. The molecule has 5 nitrogen and oxygen atoms in total. The van der Waals surface area contributed by atoms with E-state index in [1.54, 1.807) is 13.0 Å².